The van der Waals surface area contributed by atoms with Crippen LogP contribution in [0.1, 0.15) is 28.7 Å². The van der Waals surface area contributed by atoms with Crippen LogP contribution in [-0.4, -0.2) is 40.3 Å². The Morgan fingerprint density at radius 2 is 1.97 bits per heavy atom. The lowest BCUT2D eigenvalue weighted by Crippen LogP contribution is -2.38. The molecule has 0 aliphatic carbocycles. The number of amides is 1. The summed E-state index contributed by atoms with van der Waals surface area (Å²) in [6.45, 7) is 3.80. The molecule has 0 aliphatic rings. The molecule has 0 atom stereocenters. The molecule has 2 aromatic carbocycles. The fourth-order valence-electron chi connectivity index (χ4n) is 2.97. The second kappa shape index (κ2) is 11.3. The lowest BCUT2D eigenvalue weighted by atomic mass is 10.1. The maximum atomic E-state index is 11.4. The standard InChI is InChI=1S/C22H26N6O.HI/c1-3-24-22(26-13-16-8-7-11-18(12-16)21(23)29)28(2)15-20-25-14-19(27-20)17-9-5-4-6-10-17;/h4-12,14H,3,13,15H2,1-2H3,(H2,23,29)(H,24,26)(H,25,27);1H. The second-order valence-corrected chi connectivity index (χ2v) is 6.70. The first-order chi connectivity index (χ1) is 14.1. The van der Waals surface area contributed by atoms with E-state index in [2.05, 4.69) is 20.3 Å². The summed E-state index contributed by atoms with van der Waals surface area (Å²) in [6, 6.07) is 17.3. The Kier molecular flexibility index (Phi) is 8.85. The van der Waals surface area contributed by atoms with Crippen molar-refractivity contribution in [3.8, 4) is 11.3 Å². The number of aromatic nitrogens is 2. The van der Waals surface area contributed by atoms with E-state index in [0.29, 0.717) is 18.7 Å². The van der Waals surface area contributed by atoms with E-state index in [9.17, 15) is 4.79 Å². The Balaban J connectivity index is 0.00000320. The summed E-state index contributed by atoms with van der Waals surface area (Å²) in [7, 11) is 1.96. The third-order valence-corrected chi connectivity index (χ3v) is 4.42. The minimum Gasteiger partial charge on any atom is -0.366 e. The maximum Gasteiger partial charge on any atom is 0.248 e. The van der Waals surface area contributed by atoms with Crippen molar-refractivity contribution in [2.45, 2.75) is 20.0 Å². The Morgan fingerprint density at radius 1 is 1.20 bits per heavy atom. The summed E-state index contributed by atoms with van der Waals surface area (Å²) >= 11 is 0. The number of H-pyrrole nitrogens is 1. The SMILES string of the molecule is CCNC(=NCc1cccc(C(N)=O)c1)N(C)Cc1ncc(-c2ccccc2)[nH]1.I. The van der Waals surface area contributed by atoms with Crippen molar-refractivity contribution in [1.29, 1.82) is 0 Å². The zero-order valence-electron chi connectivity index (χ0n) is 17.1. The van der Waals surface area contributed by atoms with Crippen LogP contribution in [0.4, 0.5) is 0 Å². The topological polar surface area (TPSA) is 99.4 Å². The number of carbonyl (C=O) groups is 1. The van der Waals surface area contributed by atoms with Crippen LogP contribution in [-0.2, 0) is 13.1 Å². The van der Waals surface area contributed by atoms with Crippen molar-refractivity contribution in [2.24, 2.45) is 10.7 Å². The van der Waals surface area contributed by atoms with Gasteiger partial charge in [-0.05, 0) is 30.2 Å². The monoisotopic (exact) mass is 518 g/mol. The van der Waals surface area contributed by atoms with Gasteiger partial charge in [0.25, 0.3) is 0 Å². The fraction of sp³-hybridized carbons (Fsp3) is 0.227. The van der Waals surface area contributed by atoms with Gasteiger partial charge in [0.1, 0.15) is 5.82 Å². The molecular formula is C22H27IN6O. The van der Waals surface area contributed by atoms with Crippen LogP contribution in [0.15, 0.2) is 65.8 Å². The number of guanidine groups is 1. The highest BCUT2D eigenvalue weighted by atomic mass is 127. The summed E-state index contributed by atoms with van der Waals surface area (Å²) < 4.78 is 0. The molecule has 0 saturated carbocycles. The first-order valence-electron chi connectivity index (χ1n) is 9.54. The molecular weight excluding hydrogens is 491 g/mol. The first-order valence-corrected chi connectivity index (χ1v) is 9.54. The lowest BCUT2D eigenvalue weighted by Gasteiger charge is -2.21. The average Bonchev–Trinajstić information content (AvgIpc) is 3.20. The zero-order valence-corrected chi connectivity index (χ0v) is 19.5. The van der Waals surface area contributed by atoms with Gasteiger partial charge in [-0.1, -0.05) is 42.5 Å². The van der Waals surface area contributed by atoms with Crippen molar-refractivity contribution in [2.75, 3.05) is 13.6 Å². The molecule has 0 unspecified atom stereocenters. The van der Waals surface area contributed by atoms with Crippen LogP contribution in [0.2, 0.25) is 0 Å². The summed E-state index contributed by atoms with van der Waals surface area (Å²) in [5.74, 6) is 1.18. The largest absolute Gasteiger partial charge is 0.366 e. The molecule has 0 fully saturated rings. The van der Waals surface area contributed by atoms with Crippen molar-refractivity contribution in [1.82, 2.24) is 20.2 Å². The van der Waals surface area contributed by atoms with E-state index in [1.165, 1.54) is 0 Å². The Bertz CT molecular complexity index is 986. The highest BCUT2D eigenvalue weighted by Gasteiger charge is 2.10. The van der Waals surface area contributed by atoms with E-state index in [1.807, 2.05) is 67.5 Å². The molecule has 0 bridgehead atoms. The number of halogens is 1. The van der Waals surface area contributed by atoms with Gasteiger partial charge in [-0.25, -0.2) is 9.98 Å². The van der Waals surface area contributed by atoms with Gasteiger partial charge in [0.05, 0.1) is 25.0 Å². The van der Waals surface area contributed by atoms with Gasteiger partial charge in [0.15, 0.2) is 5.96 Å². The van der Waals surface area contributed by atoms with Crippen LogP contribution >= 0.6 is 24.0 Å². The number of rotatable bonds is 7. The van der Waals surface area contributed by atoms with Crippen LogP contribution in [0.3, 0.4) is 0 Å². The van der Waals surface area contributed by atoms with E-state index in [0.717, 1.165) is 35.1 Å². The van der Waals surface area contributed by atoms with Crippen molar-refractivity contribution < 1.29 is 4.79 Å². The molecule has 0 saturated heterocycles. The minimum atomic E-state index is -0.438. The van der Waals surface area contributed by atoms with Crippen LogP contribution < -0.4 is 11.1 Å². The molecule has 158 valence electrons. The zero-order chi connectivity index (χ0) is 20.6. The van der Waals surface area contributed by atoms with Crippen molar-refractivity contribution in [3.05, 3.63) is 77.7 Å². The molecule has 1 heterocycles. The van der Waals surface area contributed by atoms with E-state index in [1.54, 1.807) is 12.1 Å². The number of benzene rings is 2. The summed E-state index contributed by atoms with van der Waals surface area (Å²) in [5, 5.41) is 3.29. The molecule has 0 aliphatic heterocycles. The second-order valence-electron chi connectivity index (χ2n) is 6.70. The number of hydrogen-bond acceptors (Lipinski definition) is 3. The summed E-state index contributed by atoms with van der Waals surface area (Å²) in [5.41, 5.74) is 8.86. The Labute approximate surface area is 193 Å². The van der Waals surface area contributed by atoms with Crippen molar-refractivity contribution >= 4 is 35.8 Å². The highest BCUT2D eigenvalue weighted by molar-refractivity contribution is 14.0. The fourth-order valence-corrected chi connectivity index (χ4v) is 2.97. The number of aromatic amines is 1. The van der Waals surface area contributed by atoms with Crippen LogP contribution in [0, 0.1) is 0 Å². The highest BCUT2D eigenvalue weighted by Crippen LogP contribution is 2.16. The van der Waals surface area contributed by atoms with Gasteiger partial charge in [-0.15, -0.1) is 24.0 Å². The predicted octanol–water partition coefficient (Wildman–Crippen LogP) is 3.39. The van der Waals surface area contributed by atoms with Gasteiger partial charge in [-0.3, -0.25) is 4.79 Å². The van der Waals surface area contributed by atoms with E-state index in [-0.39, 0.29) is 24.0 Å². The van der Waals surface area contributed by atoms with Gasteiger partial charge in [-0.2, -0.15) is 0 Å². The number of imidazole rings is 1. The van der Waals surface area contributed by atoms with Gasteiger partial charge >= 0.3 is 0 Å². The average molecular weight is 518 g/mol. The van der Waals surface area contributed by atoms with Crippen LogP contribution in [0.25, 0.3) is 11.3 Å². The number of carbonyl (C=O) groups excluding carboxylic acids is 1. The normalized spacial score (nSPS) is 10.9. The number of aliphatic imine (C=N–C) groups is 1. The quantitative estimate of drug-likeness (QED) is 0.254. The van der Waals surface area contributed by atoms with Gasteiger partial charge in [0, 0.05) is 19.2 Å². The molecule has 7 nitrogen and oxygen atoms in total. The third-order valence-electron chi connectivity index (χ3n) is 4.42. The smallest absolute Gasteiger partial charge is 0.248 e. The molecule has 0 spiro atoms. The van der Waals surface area contributed by atoms with E-state index >= 15 is 0 Å². The molecule has 1 aromatic heterocycles. The number of nitrogens with zero attached hydrogens (tertiary/aromatic N) is 3. The molecule has 3 rings (SSSR count). The molecule has 1 amide bonds. The van der Waals surface area contributed by atoms with E-state index < -0.39 is 5.91 Å². The molecule has 30 heavy (non-hydrogen) atoms. The minimum absolute atomic E-state index is 0. The lowest BCUT2D eigenvalue weighted by molar-refractivity contribution is 0.1000. The summed E-state index contributed by atoms with van der Waals surface area (Å²) in [4.78, 5) is 25.9. The van der Waals surface area contributed by atoms with Gasteiger partial charge < -0.3 is 20.9 Å². The van der Waals surface area contributed by atoms with Crippen molar-refractivity contribution in [3.63, 3.8) is 0 Å². The Hall–Kier alpha value is -2.88. The number of nitrogens with two attached hydrogens (primary N) is 1. The predicted molar refractivity (Wildman–Crippen MR) is 131 cm³/mol. The first kappa shape index (κ1) is 23.4. The third kappa shape index (κ3) is 6.31. The number of nitrogens with one attached hydrogen (secondary N) is 2. The number of hydrogen-bond donors (Lipinski definition) is 3. The van der Waals surface area contributed by atoms with Crippen LogP contribution in [0.5, 0.6) is 0 Å². The Morgan fingerprint density at radius 3 is 2.67 bits per heavy atom. The number of primary amides is 1. The molecule has 8 heteroatoms. The summed E-state index contributed by atoms with van der Waals surface area (Å²) in [6.07, 6.45) is 1.85. The molecule has 0 radical (unpaired) electrons. The maximum absolute atomic E-state index is 11.4. The molecule has 3 aromatic rings. The van der Waals surface area contributed by atoms with Gasteiger partial charge in [0.2, 0.25) is 5.91 Å². The molecule has 4 N–H and O–H groups in total. The van der Waals surface area contributed by atoms with E-state index in [4.69, 9.17) is 5.73 Å².